The first-order chi connectivity index (χ1) is 8.35. The summed E-state index contributed by atoms with van der Waals surface area (Å²) < 4.78 is 50.3. The minimum Gasteiger partial charge on any atom is -0.398 e. The highest BCUT2D eigenvalue weighted by molar-refractivity contribution is 5.46. The Kier molecular flexibility index (Phi) is 3.47. The smallest absolute Gasteiger partial charge is 0.398 e. The summed E-state index contributed by atoms with van der Waals surface area (Å²) in [5.74, 6) is -0.484. The monoisotopic (exact) mass is 262 g/mol. The SMILES string of the molecule is Nc1ccc(F)cc1CN(CC(F)(F)F)C1CC1. The summed E-state index contributed by atoms with van der Waals surface area (Å²) in [6, 6.07) is 3.71. The predicted octanol–water partition coefficient (Wildman–Crippen LogP) is 2.93. The van der Waals surface area contributed by atoms with Crippen molar-refractivity contribution in [2.75, 3.05) is 12.3 Å². The molecular formula is C12H14F4N2. The summed E-state index contributed by atoms with van der Waals surface area (Å²) in [6.07, 6.45) is -2.73. The van der Waals surface area contributed by atoms with E-state index >= 15 is 0 Å². The van der Waals surface area contributed by atoms with E-state index in [0.29, 0.717) is 11.3 Å². The molecule has 0 bridgehead atoms. The van der Waals surface area contributed by atoms with E-state index in [9.17, 15) is 17.6 Å². The van der Waals surface area contributed by atoms with Gasteiger partial charge < -0.3 is 5.73 Å². The lowest BCUT2D eigenvalue weighted by Crippen LogP contribution is -2.35. The molecule has 0 radical (unpaired) electrons. The zero-order chi connectivity index (χ0) is 13.3. The van der Waals surface area contributed by atoms with Crippen molar-refractivity contribution in [1.29, 1.82) is 0 Å². The Morgan fingerprint density at radius 1 is 1.28 bits per heavy atom. The molecule has 2 nitrogen and oxygen atoms in total. The van der Waals surface area contributed by atoms with Crippen LogP contribution in [0.15, 0.2) is 18.2 Å². The molecule has 1 saturated carbocycles. The van der Waals surface area contributed by atoms with Crippen molar-refractivity contribution < 1.29 is 17.6 Å². The van der Waals surface area contributed by atoms with Gasteiger partial charge in [0.2, 0.25) is 0 Å². The van der Waals surface area contributed by atoms with Crippen LogP contribution in [0.5, 0.6) is 0 Å². The summed E-state index contributed by atoms with van der Waals surface area (Å²) in [4.78, 5) is 1.31. The fraction of sp³-hybridized carbons (Fsp3) is 0.500. The van der Waals surface area contributed by atoms with Crippen molar-refractivity contribution in [2.45, 2.75) is 31.6 Å². The van der Waals surface area contributed by atoms with Gasteiger partial charge in [-0.25, -0.2) is 4.39 Å². The molecule has 2 rings (SSSR count). The number of nitrogens with zero attached hydrogens (tertiary/aromatic N) is 1. The average molecular weight is 262 g/mol. The molecule has 1 aromatic carbocycles. The maximum atomic E-state index is 13.1. The number of halogens is 4. The molecule has 0 unspecified atom stereocenters. The number of nitrogens with two attached hydrogens (primary N) is 1. The van der Waals surface area contributed by atoms with E-state index in [1.54, 1.807) is 0 Å². The third-order valence-electron chi connectivity index (χ3n) is 2.92. The molecular weight excluding hydrogens is 248 g/mol. The Morgan fingerprint density at radius 2 is 1.94 bits per heavy atom. The largest absolute Gasteiger partial charge is 0.401 e. The molecule has 1 aliphatic carbocycles. The van der Waals surface area contributed by atoms with E-state index in [1.165, 1.54) is 23.1 Å². The fourth-order valence-corrected chi connectivity index (χ4v) is 1.91. The molecule has 1 fully saturated rings. The lowest BCUT2D eigenvalue weighted by atomic mass is 10.1. The van der Waals surface area contributed by atoms with Gasteiger partial charge in [-0.15, -0.1) is 0 Å². The highest BCUT2D eigenvalue weighted by Crippen LogP contribution is 2.32. The zero-order valence-electron chi connectivity index (χ0n) is 9.67. The summed E-state index contributed by atoms with van der Waals surface area (Å²) >= 11 is 0. The Bertz CT molecular complexity index is 427. The number of hydrogen-bond donors (Lipinski definition) is 1. The number of alkyl halides is 3. The Labute approximate surface area is 102 Å². The van der Waals surface area contributed by atoms with Crippen LogP contribution in [0.3, 0.4) is 0 Å². The van der Waals surface area contributed by atoms with E-state index in [1.807, 2.05) is 0 Å². The second-order valence-electron chi connectivity index (χ2n) is 4.59. The first-order valence-electron chi connectivity index (χ1n) is 5.70. The van der Waals surface area contributed by atoms with Crippen molar-refractivity contribution in [3.05, 3.63) is 29.6 Å². The van der Waals surface area contributed by atoms with Gasteiger partial charge in [0, 0.05) is 18.3 Å². The standard InChI is InChI=1S/C12H14F4N2/c13-9-1-4-11(17)8(5-9)6-18(10-2-3-10)7-12(14,15)16/h1,4-5,10H,2-3,6-7,17H2. The number of rotatable bonds is 4. The van der Waals surface area contributed by atoms with Crippen molar-refractivity contribution >= 4 is 5.69 Å². The van der Waals surface area contributed by atoms with Crippen molar-refractivity contribution in [3.8, 4) is 0 Å². The molecule has 1 aromatic rings. The molecule has 0 aliphatic heterocycles. The van der Waals surface area contributed by atoms with Crippen LogP contribution >= 0.6 is 0 Å². The van der Waals surface area contributed by atoms with Crippen molar-refractivity contribution in [3.63, 3.8) is 0 Å². The van der Waals surface area contributed by atoms with Crippen molar-refractivity contribution in [2.24, 2.45) is 0 Å². The molecule has 0 spiro atoms. The zero-order valence-corrected chi connectivity index (χ0v) is 9.67. The third-order valence-corrected chi connectivity index (χ3v) is 2.92. The molecule has 0 aromatic heterocycles. The Balaban J connectivity index is 2.11. The minimum atomic E-state index is -4.25. The third kappa shape index (κ3) is 3.60. The van der Waals surface area contributed by atoms with Crippen LogP contribution in [-0.2, 0) is 6.54 Å². The predicted molar refractivity (Wildman–Crippen MR) is 60.3 cm³/mol. The van der Waals surface area contributed by atoms with Crippen LogP contribution in [-0.4, -0.2) is 23.7 Å². The molecule has 2 N–H and O–H groups in total. The summed E-state index contributed by atoms with van der Waals surface area (Å²) in [5.41, 5.74) is 6.38. The van der Waals surface area contributed by atoms with Crippen LogP contribution in [0, 0.1) is 5.82 Å². The normalized spacial score (nSPS) is 16.3. The Morgan fingerprint density at radius 3 is 2.50 bits per heavy atom. The van der Waals surface area contributed by atoms with Crippen LogP contribution in [0.25, 0.3) is 0 Å². The van der Waals surface area contributed by atoms with E-state index in [-0.39, 0.29) is 12.6 Å². The van der Waals surface area contributed by atoms with Gasteiger partial charge in [-0.05, 0) is 36.6 Å². The van der Waals surface area contributed by atoms with E-state index in [2.05, 4.69) is 0 Å². The van der Waals surface area contributed by atoms with Gasteiger partial charge in [0.15, 0.2) is 0 Å². The van der Waals surface area contributed by atoms with E-state index in [0.717, 1.165) is 12.8 Å². The highest BCUT2D eigenvalue weighted by atomic mass is 19.4. The van der Waals surface area contributed by atoms with Gasteiger partial charge in [-0.2, -0.15) is 13.2 Å². The summed E-state index contributed by atoms with van der Waals surface area (Å²) in [7, 11) is 0. The summed E-state index contributed by atoms with van der Waals surface area (Å²) in [5, 5.41) is 0. The van der Waals surface area contributed by atoms with E-state index < -0.39 is 18.5 Å². The first-order valence-corrected chi connectivity index (χ1v) is 5.70. The fourth-order valence-electron chi connectivity index (χ4n) is 1.91. The number of hydrogen-bond acceptors (Lipinski definition) is 2. The molecule has 1 aliphatic rings. The molecule has 0 atom stereocenters. The number of benzene rings is 1. The van der Waals surface area contributed by atoms with Crippen LogP contribution in [0.4, 0.5) is 23.2 Å². The van der Waals surface area contributed by atoms with Gasteiger partial charge in [0.1, 0.15) is 5.82 Å². The molecule has 6 heteroatoms. The van der Waals surface area contributed by atoms with Crippen LogP contribution in [0.2, 0.25) is 0 Å². The van der Waals surface area contributed by atoms with Crippen molar-refractivity contribution in [1.82, 2.24) is 4.90 Å². The molecule has 100 valence electrons. The number of anilines is 1. The first kappa shape index (κ1) is 13.1. The quantitative estimate of drug-likeness (QED) is 0.667. The van der Waals surface area contributed by atoms with Gasteiger partial charge >= 0.3 is 6.18 Å². The second-order valence-corrected chi connectivity index (χ2v) is 4.59. The number of nitrogen functional groups attached to an aromatic ring is 1. The topological polar surface area (TPSA) is 29.3 Å². The van der Waals surface area contributed by atoms with Gasteiger partial charge in [-0.1, -0.05) is 0 Å². The minimum absolute atomic E-state index is 0.0355. The maximum absolute atomic E-state index is 13.1. The molecule has 0 saturated heterocycles. The maximum Gasteiger partial charge on any atom is 0.401 e. The lowest BCUT2D eigenvalue weighted by molar-refractivity contribution is -0.148. The molecule has 18 heavy (non-hydrogen) atoms. The molecule has 0 heterocycles. The van der Waals surface area contributed by atoms with Gasteiger partial charge in [0.25, 0.3) is 0 Å². The van der Waals surface area contributed by atoms with Gasteiger partial charge in [-0.3, -0.25) is 4.90 Å². The highest BCUT2D eigenvalue weighted by Gasteiger charge is 2.38. The van der Waals surface area contributed by atoms with Crippen LogP contribution in [0.1, 0.15) is 18.4 Å². The summed E-state index contributed by atoms with van der Waals surface area (Å²) in [6.45, 7) is -0.943. The molecule has 0 amide bonds. The lowest BCUT2D eigenvalue weighted by Gasteiger charge is -2.24. The Hall–Kier alpha value is -1.30. The van der Waals surface area contributed by atoms with E-state index in [4.69, 9.17) is 5.73 Å². The van der Waals surface area contributed by atoms with Gasteiger partial charge in [0.05, 0.1) is 6.54 Å². The average Bonchev–Trinajstić information content (AvgIpc) is 3.04. The second kappa shape index (κ2) is 4.76. The van der Waals surface area contributed by atoms with Crippen LogP contribution < -0.4 is 5.73 Å².